The highest BCUT2D eigenvalue weighted by molar-refractivity contribution is 5.96. The third kappa shape index (κ3) is 1.75. The normalized spacial score (nSPS) is 13.8. The third-order valence-electron chi connectivity index (χ3n) is 2.55. The number of carbonyl (C=O) groups is 1. The monoisotopic (exact) mass is 223 g/mol. The lowest BCUT2D eigenvalue weighted by molar-refractivity contribution is -0.216. The zero-order valence-corrected chi connectivity index (χ0v) is 9.23. The Bertz CT molecular complexity index is 405. The lowest BCUT2D eigenvalue weighted by Gasteiger charge is -2.17. The lowest BCUT2D eigenvalue weighted by Crippen LogP contribution is -2.21. The first-order chi connectivity index (χ1) is 7.77. The van der Waals surface area contributed by atoms with Crippen molar-refractivity contribution < 1.29 is 19.4 Å². The first kappa shape index (κ1) is 10.9. The van der Waals surface area contributed by atoms with Gasteiger partial charge in [0.1, 0.15) is 0 Å². The van der Waals surface area contributed by atoms with Crippen LogP contribution < -0.4 is 5.06 Å². The summed E-state index contributed by atoms with van der Waals surface area (Å²) in [5.41, 5.74) is 2.30. The number of para-hydroxylation sites is 1. The molecule has 0 aromatic heterocycles. The smallest absolute Gasteiger partial charge is 0.293 e. The van der Waals surface area contributed by atoms with Gasteiger partial charge in [0.05, 0.1) is 25.5 Å². The Hall–Kier alpha value is -1.59. The van der Waals surface area contributed by atoms with Crippen molar-refractivity contribution in [2.24, 2.45) is 0 Å². The molecule has 0 spiro atoms. The predicted molar refractivity (Wildman–Crippen MR) is 56.9 cm³/mol. The molecule has 1 aliphatic heterocycles. The fourth-order valence-corrected chi connectivity index (χ4v) is 1.89. The van der Waals surface area contributed by atoms with Crippen LogP contribution in [0.1, 0.15) is 15.9 Å². The van der Waals surface area contributed by atoms with Crippen LogP contribution in [-0.2, 0) is 21.0 Å². The Balaban J connectivity index is 2.39. The molecule has 2 rings (SSSR count). The fourth-order valence-electron chi connectivity index (χ4n) is 1.89. The molecule has 0 saturated heterocycles. The Morgan fingerprint density at radius 1 is 1.38 bits per heavy atom. The van der Waals surface area contributed by atoms with E-state index in [4.69, 9.17) is 4.84 Å². The van der Waals surface area contributed by atoms with Crippen molar-refractivity contribution in [3.05, 3.63) is 29.3 Å². The molecule has 86 valence electrons. The molecule has 16 heavy (non-hydrogen) atoms. The van der Waals surface area contributed by atoms with Gasteiger partial charge in [0.25, 0.3) is 0 Å². The van der Waals surface area contributed by atoms with Gasteiger partial charge in [0, 0.05) is 6.54 Å². The van der Waals surface area contributed by atoms with E-state index in [1.807, 2.05) is 12.1 Å². The van der Waals surface area contributed by atoms with Crippen molar-refractivity contribution in [1.29, 1.82) is 0 Å². The molecule has 1 heterocycles. The quantitative estimate of drug-likeness (QED) is 0.571. The summed E-state index contributed by atoms with van der Waals surface area (Å²) in [6, 6.07) is 5.49. The molecule has 1 aromatic carbocycles. The Morgan fingerprint density at radius 2 is 2.19 bits per heavy atom. The number of rotatable bonds is 3. The summed E-state index contributed by atoms with van der Waals surface area (Å²) >= 11 is 0. The number of carbonyl (C=O) groups excluding carboxylic acids is 1. The Morgan fingerprint density at radius 3 is 2.88 bits per heavy atom. The second-order valence-electron chi connectivity index (χ2n) is 3.39. The summed E-state index contributed by atoms with van der Waals surface area (Å²) in [6.45, 7) is 0.739. The van der Waals surface area contributed by atoms with Crippen LogP contribution in [0.3, 0.4) is 0 Å². The van der Waals surface area contributed by atoms with Gasteiger partial charge in [-0.15, -0.1) is 0 Å². The molecule has 0 fully saturated rings. The maximum atomic E-state index is 11.6. The zero-order valence-electron chi connectivity index (χ0n) is 9.23. The number of benzene rings is 1. The molecule has 0 saturated carbocycles. The van der Waals surface area contributed by atoms with Gasteiger partial charge in [0.2, 0.25) is 0 Å². The Kier molecular flexibility index (Phi) is 3.07. The van der Waals surface area contributed by atoms with Crippen LogP contribution in [0.4, 0.5) is 5.69 Å². The summed E-state index contributed by atoms with van der Waals surface area (Å²) in [5.74, 6) is -0.511. The van der Waals surface area contributed by atoms with Gasteiger partial charge in [0.15, 0.2) is 0 Å². The van der Waals surface area contributed by atoms with E-state index in [0.717, 1.165) is 24.2 Å². The minimum Gasteiger partial charge on any atom is -0.293 e. The molecule has 0 amide bonds. The van der Waals surface area contributed by atoms with Crippen molar-refractivity contribution in [2.75, 3.05) is 25.8 Å². The molecule has 1 aromatic rings. The maximum absolute atomic E-state index is 11.6. The summed E-state index contributed by atoms with van der Waals surface area (Å²) in [4.78, 5) is 25.7. The number of hydrogen-bond donors (Lipinski definition) is 0. The Labute approximate surface area is 93.4 Å². The largest absolute Gasteiger partial charge is 0.375 e. The number of anilines is 1. The molecule has 5 nitrogen and oxygen atoms in total. The molecule has 0 aliphatic carbocycles. The number of hydroxylamine groups is 1. The molecule has 0 radical (unpaired) electrons. The first-order valence-corrected chi connectivity index (χ1v) is 4.96. The molecule has 0 N–H and O–H groups in total. The van der Waals surface area contributed by atoms with E-state index in [2.05, 4.69) is 9.78 Å². The summed E-state index contributed by atoms with van der Waals surface area (Å²) in [5, 5.41) is 1.68. The third-order valence-corrected chi connectivity index (χ3v) is 2.55. The highest BCUT2D eigenvalue weighted by Gasteiger charge is 2.26. The molecule has 5 heteroatoms. The first-order valence-electron chi connectivity index (χ1n) is 4.96. The summed E-state index contributed by atoms with van der Waals surface area (Å²) < 4.78 is 0. The average Bonchev–Trinajstić information content (AvgIpc) is 2.72. The lowest BCUT2D eigenvalue weighted by atomic mass is 10.1. The second-order valence-corrected chi connectivity index (χ2v) is 3.39. The van der Waals surface area contributed by atoms with Gasteiger partial charge < -0.3 is 0 Å². The van der Waals surface area contributed by atoms with E-state index in [-0.39, 0.29) is 0 Å². The maximum Gasteiger partial charge on any atom is 0.375 e. The van der Waals surface area contributed by atoms with Crippen LogP contribution in [0.5, 0.6) is 0 Å². The van der Waals surface area contributed by atoms with Crippen LogP contribution in [0.15, 0.2) is 18.2 Å². The van der Waals surface area contributed by atoms with E-state index in [0.29, 0.717) is 5.56 Å². The molecular formula is C11H13NO4. The van der Waals surface area contributed by atoms with Gasteiger partial charge in [-0.25, -0.2) is 4.79 Å². The standard InChI is InChI=1S/C11H13NO4/c1-14-12-7-6-8-4-3-5-9(10(8)12)11(13)16-15-2/h3-5H,6-7H2,1-2H3. The fraction of sp³-hybridized carbons (Fsp3) is 0.364. The number of hydrogen-bond acceptors (Lipinski definition) is 5. The van der Waals surface area contributed by atoms with E-state index in [1.165, 1.54) is 7.11 Å². The van der Waals surface area contributed by atoms with Crippen LogP contribution in [-0.4, -0.2) is 26.7 Å². The minimum absolute atomic E-state index is 0.457. The highest BCUT2D eigenvalue weighted by atomic mass is 17.2. The average molecular weight is 223 g/mol. The zero-order chi connectivity index (χ0) is 11.5. The number of fused-ring (bicyclic) bond motifs is 1. The van der Waals surface area contributed by atoms with Gasteiger partial charge in [-0.3, -0.25) is 14.8 Å². The second kappa shape index (κ2) is 4.51. The van der Waals surface area contributed by atoms with Crippen LogP contribution >= 0.6 is 0 Å². The predicted octanol–water partition coefficient (Wildman–Crippen LogP) is 1.33. The van der Waals surface area contributed by atoms with Gasteiger partial charge in [-0.1, -0.05) is 12.1 Å². The summed E-state index contributed by atoms with van der Waals surface area (Å²) in [6.07, 6.45) is 0.858. The molecule has 0 unspecified atom stereocenters. The van der Waals surface area contributed by atoms with Crippen molar-refractivity contribution in [3.8, 4) is 0 Å². The van der Waals surface area contributed by atoms with Gasteiger partial charge in [-0.05, 0) is 18.1 Å². The van der Waals surface area contributed by atoms with E-state index < -0.39 is 5.97 Å². The molecular weight excluding hydrogens is 210 g/mol. The summed E-state index contributed by atoms with van der Waals surface area (Å²) in [7, 11) is 2.88. The van der Waals surface area contributed by atoms with Crippen LogP contribution in [0.2, 0.25) is 0 Å². The van der Waals surface area contributed by atoms with Crippen LogP contribution in [0.25, 0.3) is 0 Å². The molecule has 1 aliphatic rings. The van der Waals surface area contributed by atoms with Gasteiger partial charge in [-0.2, -0.15) is 4.89 Å². The van der Waals surface area contributed by atoms with E-state index in [1.54, 1.807) is 18.2 Å². The van der Waals surface area contributed by atoms with Crippen molar-refractivity contribution in [2.45, 2.75) is 6.42 Å². The van der Waals surface area contributed by atoms with Crippen LogP contribution in [0, 0.1) is 0 Å². The van der Waals surface area contributed by atoms with Gasteiger partial charge >= 0.3 is 5.97 Å². The van der Waals surface area contributed by atoms with Crippen molar-refractivity contribution in [3.63, 3.8) is 0 Å². The highest BCUT2D eigenvalue weighted by Crippen LogP contribution is 2.32. The van der Waals surface area contributed by atoms with Crippen molar-refractivity contribution in [1.82, 2.24) is 0 Å². The number of nitrogens with zero attached hydrogens (tertiary/aromatic N) is 1. The van der Waals surface area contributed by atoms with Crippen molar-refractivity contribution >= 4 is 11.7 Å². The minimum atomic E-state index is -0.511. The molecule has 0 atom stereocenters. The van der Waals surface area contributed by atoms with E-state index >= 15 is 0 Å². The SMILES string of the molecule is COOC(=O)c1cccc2c1N(OC)CC2. The van der Waals surface area contributed by atoms with E-state index in [9.17, 15) is 4.79 Å². The molecule has 0 bridgehead atoms. The topological polar surface area (TPSA) is 48.0 Å².